The van der Waals surface area contributed by atoms with Gasteiger partial charge >= 0.3 is 5.97 Å². The minimum absolute atomic E-state index is 0.204. The molecule has 3 nitrogen and oxygen atoms in total. The van der Waals surface area contributed by atoms with E-state index >= 15 is 0 Å². The van der Waals surface area contributed by atoms with Crippen molar-refractivity contribution in [3.8, 4) is 5.75 Å². The fourth-order valence-corrected chi connectivity index (χ4v) is 1.45. The second-order valence-corrected chi connectivity index (χ2v) is 3.13. The van der Waals surface area contributed by atoms with E-state index < -0.39 is 17.5 Å². The third kappa shape index (κ3) is 1.50. The summed E-state index contributed by atoms with van der Waals surface area (Å²) >= 11 is 0. The third-order valence-corrected chi connectivity index (χ3v) is 2.19. The molecule has 0 atom stereocenters. The number of carbonyl (C=O) groups is 1. The molecule has 0 amide bonds. The molecule has 4 heteroatoms. The molecule has 2 aromatic carbocycles. The van der Waals surface area contributed by atoms with Crippen LogP contribution in [0, 0.1) is 5.82 Å². The standard InChI is InChI=1S/C11H7FO3/c12-7-3-1-6-2-4-8(11(14)15)10(13)9(6)5-7/h1-5,13H,(H,14,15). The predicted molar refractivity (Wildman–Crippen MR) is 52.5 cm³/mol. The first-order chi connectivity index (χ1) is 7.09. The number of carboxylic acid groups (broad SMARTS) is 1. The first kappa shape index (κ1) is 9.45. The van der Waals surface area contributed by atoms with Gasteiger partial charge in [-0.3, -0.25) is 0 Å². The van der Waals surface area contributed by atoms with Crippen LogP contribution in [0.1, 0.15) is 10.4 Å². The van der Waals surface area contributed by atoms with Gasteiger partial charge in [0.15, 0.2) is 0 Å². The van der Waals surface area contributed by atoms with E-state index in [-0.39, 0.29) is 10.9 Å². The van der Waals surface area contributed by atoms with Crippen molar-refractivity contribution in [2.45, 2.75) is 0 Å². The molecule has 0 heterocycles. The number of fused-ring (bicyclic) bond motifs is 1. The Labute approximate surface area is 84.4 Å². The van der Waals surface area contributed by atoms with Crippen molar-refractivity contribution >= 4 is 16.7 Å². The van der Waals surface area contributed by atoms with Crippen molar-refractivity contribution in [3.63, 3.8) is 0 Å². The largest absolute Gasteiger partial charge is 0.506 e. The van der Waals surface area contributed by atoms with Crippen LogP contribution in [0.15, 0.2) is 30.3 Å². The Morgan fingerprint density at radius 2 is 1.87 bits per heavy atom. The summed E-state index contributed by atoms with van der Waals surface area (Å²) in [4.78, 5) is 10.7. The maximum Gasteiger partial charge on any atom is 0.339 e. The molecule has 0 fully saturated rings. The summed E-state index contributed by atoms with van der Waals surface area (Å²) in [5, 5.41) is 19.1. The van der Waals surface area contributed by atoms with Gasteiger partial charge in [0.05, 0.1) is 0 Å². The Bertz CT molecular complexity index is 549. The normalized spacial score (nSPS) is 10.5. The number of halogens is 1. The summed E-state index contributed by atoms with van der Waals surface area (Å²) < 4.78 is 12.9. The highest BCUT2D eigenvalue weighted by atomic mass is 19.1. The smallest absolute Gasteiger partial charge is 0.339 e. The number of carboxylic acids is 1. The molecule has 15 heavy (non-hydrogen) atoms. The number of aromatic carboxylic acids is 1. The molecule has 0 spiro atoms. The highest BCUT2D eigenvalue weighted by Crippen LogP contribution is 2.29. The van der Waals surface area contributed by atoms with Crippen LogP contribution in [-0.4, -0.2) is 16.2 Å². The molecule has 2 rings (SSSR count). The quantitative estimate of drug-likeness (QED) is 0.753. The fraction of sp³-hybridized carbons (Fsp3) is 0. The van der Waals surface area contributed by atoms with E-state index in [4.69, 9.17) is 5.11 Å². The molecule has 0 radical (unpaired) electrons. The molecule has 2 N–H and O–H groups in total. The number of phenols is 1. The van der Waals surface area contributed by atoms with Gasteiger partial charge in [-0.15, -0.1) is 0 Å². The average molecular weight is 206 g/mol. The summed E-state index contributed by atoms with van der Waals surface area (Å²) in [7, 11) is 0. The van der Waals surface area contributed by atoms with Crippen LogP contribution in [-0.2, 0) is 0 Å². The maximum absolute atomic E-state index is 12.9. The molecule has 76 valence electrons. The molecule has 0 aromatic heterocycles. The Balaban J connectivity index is 2.82. The topological polar surface area (TPSA) is 57.5 Å². The summed E-state index contributed by atoms with van der Waals surface area (Å²) in [6, 6.07) is 6.66. The van der Waals surface area contributed by atoms with E-state index in [0.717, 1.165) is 6.07 Å². The lowest BCUT2D eigenvalue weighted by Crippen LogP contribution is -1.96. The molecule has 0 bridgehead atoms. The van der Waals surface area contributed by atoms with Crippen molar-refractivity contribution in [1.29, 1.82) is 0 Å². The van der Waals surface area contributed by atoms with Crippen molar-refractivity contribution in [2.75, 3.05) is 0 Å². The van der Waals surface area contributed by atoms with Crippen LogP contribution in [0.4, 0.5) is 4.39 Å². The van der Waals surface area contributed by atoms with Crippen molar-refractivity contribution in [1.82, 2.24) is 0 Å². The molecular formula is C11H7FO3. The van der Waals surface area contributed by atoms with Gasteiger partial charge in [-0.05, 0) is 23.6 Å². The van der Waals surface area contributed by atoms with E-state index in [1.165, 1.54) is 24.3 Å². The van der Waals surface area contributed by atoms with E-state index in [1.54, 1.807) is 0 Å². The lowest BCUT2D eigenvalue weighted by atomic mass is 10.1. The van der Waals surface area contributed by atoms with Gasteiger partial charge in [-0.2, -0.15) is 0 Å². The summed E-state index contributed by atoms with van der Waals surface area (Å²) in [6.07, 6.45) is 0. The lowest BCUT2D eigenvalue weighted by Gasteiger charge is -2.04. The highest BCUT2D eigenvalue weighted by Gasteiger charge is 2.12. The van der Waals surface area contributed by atoms with Crippen LogP contribution < -0.4 is 0 Å². The first-order valence-corrected chi connectivity index (χ1v) is 4.24. The molecule has 2 aromatic rings. The zero-order valence-corrected chi connectivity index (χ0v) is 7.57. The van der Waals surface area contributed by atoms with Crippen LogP contribution >= 0.6 is 0 Å². The minimum Gasteiger partial charge on any atom is -0.506 e. The number of hydrogen-bond donors (Lipinski definition) is 2. The highest BCUT2D eigenvalue weighted by molar-refractivity contribution is 6.00. The van der Waals surface area contributed by atoms with Crippen LogP contribution in [0.2, 0.25) is 0 Å². The monoisotopic (exact) mass is 206 g/mol. The third-order valence-electron chi connectivity index (χ3n) is 2.19. The van der Waals surface area contributed by atoms with E-state index in [1.807, 2.05) is 0 Å². The van der Waals surface area contributed by atoms with Crippen LogP contribution in [0.25, 0.3) is 10.8 Å². The van der Waals surface area contributed by atoms with Crippen molar-refractivity contribution in [2.24, 2.45) is 0 Å². The summed E-state index contributed by atoms with van der Waals surface area (Å²) in [5.74, 6) is -2.15. The SMILES string of the molecule is O=C(O)c1ccc2ccc(F)cc2c1O. The average Bonchev–Trinajstić information content (AvgIpc) is 2.19. The molecule has 0 unspecified atom stereocenters. The second kappa shape index (κ2) is 3.24. The molecular weight excluding hydrogens is 199 g/mol. The Morgan fingerprint density at radius 3 is 2.53 bits per heavy atom. The first-order valence-electron chi connectivity index (χ1n) is 4.24. The maximum atomic E-state index is 12.9. The summed E-state index contributed by atoms with van der Waals surface area (Å²) in [6.45, 7) is 0. The molecule has 0 saturated heterocycles. The molecule has 0 aliphatic carbocycles. The number of benzene rings is 2. The minimum atomic E-state index is -1.24. The zero-order chi connectivity index (χ0) is 11.0. The van der Waals surface area contributed by atoms with Crippen molar-refractivity contribution < 1.29 is 19.4 Å². The van der Waals surface area contributed by atoms with Crippen LogP contribution in [0.5, 0.6) is 5.75 Å². The molecule has 0 aliphatic rings. The van der Waals surface area contributed by atoms with Gasteiger partial charge in [-0.1, -0.05) is 12.1 Å². The van der Waals surface area contributed by atoms with Gasteiger partial charge in [0.25, 0.3) is 0 Å². The molecule has 0 saturated carbocycles. The second-order valence-electron chi connectivity index (χ2n) is 3.13. The van der Waals surface area contributed by atoms with Crippen LogP contribution in [0.3, 0.4) is 0 Å². The summed E-state index contributed by atoms with van der Waals surface area (Å²) in [5.41, 5.74) is -0.229. The fourth-order valence-electron chi connectivity index (χ4n) is 1.45. The van der Waals surface area contributed by atoms with Gasteiger partial charge in [0, 0.05) is 5.39 Å². The van der Waals surface area contributed by atoms with E-state index in [0.29, 0.717) is 5.39 Å². The van der Waals surface area contributed by atoms with Gasteiger partial charge in [-0.25, -0.2) is 9.18 Å². The molecule has 0 aliphatic heterocycles. The lowest BCUT2D eigenvalue weighted by molar-refractivity contribution is 0.0694. The van der Waals surface area contributed by atoms with E-state index in [2.05, 4.69) is 0 Å². The van der Waals surface area contributed by atoms with Gasteiger partial charge in [0.1, 0.15) is 17.1 Å². The Kier molecular flexibility index (Phi) is 2.04. The van der Waals surface area contributed by atoms with Gasteiger partial charge in [0.2, 0.25) is 0 Å². The predicted octanol–water partition coefficient (Wildman–Crippen LogP) is 2.38. The number of rotatable bonds is 1. The number of aromatic hydroxyl groups is 1. The van der Waals surface area contributed by atoms with Crippen molar-refractivity contribution in [3.05, 3.63) is 41.7 Å². The Hall–Kier alpha value is -2.10. The van der Waals surface area contributed by atoms with E-state index in [9.17, 15) is 14.3 Å². The Morgan fingerprint density at radius 1 is 1.20 bits per heavy atom. The number of hydrogen-bond acceptors (Lipinski definition) is 2. The zero-order valence-electron chi connectivity index (χ0n) is 7.57. The van der Waals surface area contributed by atoms with Gasteiger partial charge < -0.3 is 10.2 Å².